The molecular weight excluding hydrogens is 374 g/mol. The Balaban J connectivity index is 1.69. The van der Waals surface area contributed by atoms with Crippen LogP contribution in [0.5, 0.6) is 0 Å². The van der Waals surface area contributed by atoms with Crippen molar-refractivity contribution in [3.63, 3.8) is 0 Å². The van der Waals surface area contributed by atoms with Crippen molar-refractivity contribution < 1.29 is 23.9 Å². The van der Waals surface area contributed by atoms with Crippen LogP contribution in [0.4, 0.5) is 0 Å². The van der Waals surface area contributed by atoms with Crippen LogP contribution in [0.1, 0.15) is 24.2 Å². The van der Waals surface area contributed by atoms with Crippen LogP contribution in [0, 0.1) is 23.7 Å². The Bertz CT molecular complexity index is 823. The zero-order chi connectivity index (χ0) is 21.0. The number of nitrogens with zero attached hydrogens (tertiary/aromatic N) is 1. The molecule has 0 saturated carbocycles. The van der Waals surface area contributed by atoms with Gasteiger partial charge in [-0.05, 0) is 25.0 Å². The quantitative estimate of drug-likeness (QED) is 0.546. The number of hydrogen-bond donors (Lipinski definition) is 2. The van der Waals surface area contributed by atoms with Crippen molar-refractivity contribution in [3.8, 4) is 0 Å². The summed E-state index contributed by atoms with van der Waals surface area (Å²) in [6.45, 7) is 3.84. The van der Waals surface area contributed by atoms with Gasteiger partial charge in [-0.15, -0.1) is 0 Å². The fourth-order valence-corrected chi connectivity index (χ4v) is 3.91. The number of rotatable bonds is 6. The largest absolute Gasteiger partial charge is 0.465 e. The standard InChI is InChI=1S/C21H25N3O5/c1-3-29-16(25)11-22-20(27)17-13(2)9-10-15-12-24(21(28)18(15)17)23-19(26)14-7-5-4-6-8-14/h4-10,13,15,17-18H,3,11-12H2,1-2H3,(H,22,27)(H,23,26)/t13-,15-,17+,18-/m0/s1. The van der Waals surface area contributed by atoms with Crippen molar-refractivity contribution in [3.05, 3.63) is 48.0 Å². The predicted octanol–water partition coefficient (Wildman–Crippen LogP) is 0.907. The second-order valence-electron chi connectivity index (χ2n) is 7.24. The zero-order valence-electron chi connectivity index (χ0n) is 16.5. The second kappa shape index (κ2) is 8.89. The normalized spacial score (nSPS) is 25.3. The zero-order valence-corrected chi connectivity index (χ0v) is 16.5. The number of esters is 1. The van der Waals surface area contributed by atoms with E-state index >= 15 is 0 Å². The lowest BCUT2D eigenvalue weighted by molar-refractivity contribution is -0.145. The molecule has 0 radical (unpaired) electrons. The van der Waals surface area contributed by atoms with Crippen LogP contribution in [0.15, 0.2) is 42.5 Å². The van der Waals surface area contributed by atoms with Gasteiger partial charge in [-0.3, -0.25) is 29.6 Å². The van der Waals surface area contributed by atoms with E-state index in [2.05, 4.69) is 10.7 Å². The molecule has 1 fully saturated rings. The summed E-state index contributed by atoms with van der Waals surface area (Å²) in [5, 5.41) is 3.87. The van der Waals surface area contributed by atoms with Crippen molar-refractivity contribution in [2.24, 2.45) is 23.7 Å². The highest BCUT2D eigenvalue weighted by Crippen LogP contribution is 2.39. The number of benzene rings is 1. The van der Waals surface area contributed by atoms with Crippen molar-refractivity contribution >= 4 is 23.7 Å². The summed E-state index contributed by atoms with van der Waals surface area (Å²) in [7, 11) is 0. The third-order valence-corrected chi connectivity index (χ3v) is 5.31. The minimum Gasteiger partial charge on any atom is -0.465 e. The molecule has 2 aliphatic rings. The molecule has 4 atom stereocenters. The summed E-state index contributed by atoms with van der Waals surface area (Å²) in [5.74, 6) is -3.13. The van der Waals surface area contributed by atoms with Crippen LogP contribution >= 0.6 is 0 Å². The van der Waals surface area contributed by atoms with Gasteiger partial charge in [0, 0.05) is 18.0 Å². The molecule has 0 bridgehead atoms. The van der Waals surface area contributed by atoms with Gasteiger partial charge in [-0.2, -0.15) is 0 Å². The van der Waals surface area contributed by atoms with Crippen LogP contribution in [0.3, 0.4) is 0 Å². The predicted molar refractivity (Wildman–Crippen MR) is 104 cm³/mol. The van der Waals surface area contributed by atoms with Crippen molar-refractivity contribution in [2.45, 2.75) is 13.8 Å². The molecule has 154 valence electrons. The third kappa shape index (κ3) is 4.47. The Labute approximate surface area is 169 Å². The van der Waals surface area contributed by atoms with Gasteiger partial charge in [-0.25, -0.2) is 0 Å². The average Bonchev–Trinajstić information content (AvgIpc) is 3.02. The van der Waals surface area contributed by atoms with E-state index < -0.39 is 17.8 Å². The average molecular weight is 399 g/mol. The fourth-order valence-electron chi connectivity index (χ4n) is 3.91. The summed E-state index contributed by atoms with van der Waals surface area (Å²) in [6.07, 6.45) is 3.84. The van der Waals surface area contributed by atoms with Gasteiger partial charge in [0.05, 0.1) is 18.4 Å². The lowest BCUT2D eigenvalue weighted by atomic mass is 9.72. The van der Waals surface area contributed by atoms with E-state index in [-0.39, 0.29) is 42.7 Å². The van der Waals surface area contributed by atoms with Gasteiger partial charge < -0.3 is 10.1 Å². The van der Waals surface area contributed by atoms with E-state index in [0.29, 0.717) is 12.1 Å². The molecular formula is C21H25N3O5. The number of fused-ring (bicyclic) bond motifs is 1. The topological polar surface area (TPSA) is 105 Å². The molecule has 8 nitrogen and oxygen atoms in total. The SMILES string of the molecule is CCOC(=O)CNC(=O)[C@H]1[C@H]2C(=O)N(NC(=O)c3ccccc3)C[C@@H]2C=C[C@@H]1C. The molecule has 0 unspecified atom stereocenters. The maximum absolute atomic E-state index is 13.0. The van der Waals surface area contributed by atoms with Crippen LogP contribution in [-0.4, -0.2) is 48.4 Å². The van der Waals surface area contributed by atoms with Crippen LogP contribution in [-0.2, 0) is 19.1 Å². The molecule has 29 heavy (non-hydrogen) atoms. The van der Waals surface area contributed by atoms with E-state index in [9.17, 15) is 19.2 Å². The highest BCUT2D eigenvalue weighted by atomic mass is 16.5. The number of amides is 3. The van der Waals surface area contributed by atoms with E-state index in [1.165, 1.54) is 5.01 Å². The third-order valence-electron chi connectivity index (χ3n) is 5.31. The lowest BCUT2D eigenvalue weighted by Gasteiger charge is -2.31. The smallest absolute Gasteiger partial charge is 0.325 e. The van der Waals surface area contributed by atoms with Gasteiger partial charge >= 0.3 is 5.97 Å². The maximum atomic E-state index is 13.0. The van der Waals surface area contributed by atoms with E-state index in [0.717, 1.165) is 0 Å². The first-order valence-electron chi connectivity index (χ1n) is 9.71. The van der Waals surface area contributed by atoms with E-state index in [4.69, 9.17) is 4.74 Å². The monoisotopic (exact) mass is 399 g/mol. The molecule has 0 aromatic heterocycles. The Morgan fingerprint density at radius 2 is 1.90 bits per heavy atom. The second-order valence-corrected chi connectivity index (χ2v) is 7.24. The van der Waals surface area contributed by atoms with Gasteiger partial charge in [0.2, 0.25) is 11.8 Å². The molecule has 1 heterocycles. The highest BCUT2D eigenvalue weighted by molar-refractivity contribution is 5.97. The molecule has 8 heteroatoms. The Kier molecular flexibility index (Phi) is 6.31. The van der Waals surface area contributed by atoms with Crippen LogP contribution < -0.4 is 10.7 Å². The first-order chi connectivity index (χ1) is 13.9. The lowest BCUT2D eigenvalue weighted by Crippen LogP contribution is -2.47. The van der Waals surface area contributed by atoms with Gasteiger partial charge in [-0.1, -0.05) is 37.3 Å². The number of nitrogens with one attached hydrogen (secondary N) is 2. The van der Waals surface area contributed by atoms with Crippen molar-refractivity contribution in [1.29, 1.82) is 0 Å². The number of hydrogen-bond acceptors (Lipinski definition) is 5. The summed E-state index contributed by atoms with van der Waals surface area (Å²) in [4.78, 5) is 49.7. The summed E-state index contributed by atoms with van der Waals surface area (Å²) >= 11 is 0. The number of carbonyl (C=O) groups is 4. The van der Waals surface area contributed by atoms with Gasteiger partial charge in [0.15, 0.2) is 0 Å². The summed E-state index contributed by atoms with van der Waals surface area (Å²) in [5.41, 5.74) is 3.09. The molecule has 1 aromatic carbocycles. The Morgan fingerprint density at radius 3 is 2.59 bits per heavy atom. The molecule has 2 N–H and O–H groups in total. The first kappa shape index (κ1) is 20.6. The molecule has 3 amide bonds. The number of ether oxygens (including phenoxy) is 1. The van der Waals surface area contributed by atoms with Crippen molar-refractivity contribution in [1.82, 2.24) is 15.8 Å². The molecule has 0 spiro atoms. The number of hydrazine groups is 1. The minimum atomic E-state index is -0.620. The highest BCUT2D eigenvalue weighted by Gasteiger charge is 2.50. The maximum Gasteiger partial charge on any atom is 0.325 e. The van der Waals surface area contributed by atoms with Gasteiger partial charge in [0.25, 0.3) is 5.91 Å². The van der Waals surface area contributed by atoms with Crippen molar-refractivity contribution in [2.75, 3.05) is 19.7 Å². The molecule has 1 aliphatic heterocycles. The summed E-state index contributed by atoms with van der Waals surface area (Å²) in [6, 6.07) is 8.62. The van der Waals surface area contributed by atoms with E-state index in [1.807, 2.05) is 19.1 Å². The molecule has 3 rings (SSSR count). The van der Waals surface area contributed by atoms with Crippen LogP contribution in [0.25, 0.3) is 0 Å². The number of allylic oxidation sites excluding steroid dienone is 1. The number of carbonyl (C=O) groups excluding carboxylic acids is 4. The van der Waals surface area contributed by atoms with E-state index in [1.54, 1.807) is 37.3 Å². The van der Waals surface area contributed by atoms with Gasteiger partial charge in [0.1, 0.15) is 6.54 Å². The minimum absolute atomic E-state index is 0.174. The molecule has 1 aliphatic carbocycles. The summed E-state index contributed by atoms with van der Waals surface area (Å²) < 4.78 is 4.83. The molecule has 1 saturated heterocycles. The Morgan fingerprint density at radius 1 is 1.17 bits per heavy atom. The fraction of sp³-hybridized carbons (Fsp3) is 0.429. The van der Waals surface area contributed by atoms with Crippen LogP contribution in [0.2, 0.25) is 0 Å². The Hall–Kier alpha value is -3.16. The molecule has 1 aromatic rings. The first-order valence-corrected chi connectivity index (χ1v) is 9.71.